The quantitative estimate of drug-likeness (QED) is 0.381. The summed E-state index contributed by atoms with van der Waals surface area (Å²) in [5.74, 6) is 0. The number of benzene rings is 4. The SMILES string of the molecule is Cc1ccc(N(c2ccc(C)cc2)c2ccc3cc(C)ccc3c2)cc1. The average molecular weight is 337 g/mol. The molecule has 0 aliphatic rings. The lowest BCUT2D eigenvalue weighted by atomic mass is 10.1. The molecule has 4 aromatic rings. The van der Waals surface area contributed by atoms with Crippen molar-refractivity contribution in [2.24, 2.45) is 0 Å². The molecule has 0 aliphatic heterocycles. The standard InChI is InChI=1S/C25H23N/c1-18-5-11-23(12-6-18)26(24-13-7-19(2)8-14-24)25-15-10-21-16-20(3)4-9-22(21)17-25/h4-17H,1-3H3. The minimum Gasteiger partial charge on any atom is -0.310 e. The Morgan fingerprint density at radius 1 is 0.423 bits per heavy atom. The van der Waals surface area contributed by atoms with E-state index < -0.39 is 0 Å². The topological polar surface area (TPSA) is 3.24 Å². The molecule has 0 bridgehead atoms. The lowest BCUT2D eigenvalue weighted by molar-refractivity contribution is 1.27. The fraction of sp³-hybridized carbons (Fsp3) is 0.120. The molecule has 0 aliphatic carbocycles. The first-order valence-corrected chi connectivity index (χ1v) is 9.04. The van der Waals surface area contributed by atoms with Crippen LogP contribution >= 0.6 is 0 Å². The largest absolute Gasteiger partial charge is 0.310 e. The van der Waals surface area contributed by atoms with Gasteiger partial charge in [0.05, 0.1) is 0 Å². The third-order valence-electron chi connectivity index (χ3n) is 4.82. The lowest BCUT2D eigenvalue weighted by Crippen LogP contribution is -2.09. The molecular formula is C25H23N. The Kier molecular flexibility index (Phi) is 4.22. The smallest absolute Gasteiger partial charge is 0.0468 e. The van der Waals surface area contributed by atoms with Gasteiger partial charge in [-0.1, -0.05) is 65.2 Å². The van der Waals surface area contributed by atoms with Gasteiger partial charge in [-0.15, -0.1) is 0 Å². The number of anilines is 3. The first-order chi connectivity index (χ1) is 12.6. The molecule has 0 fully saturated rings. The zero-order valence-corrected chi connectivity index (χ0v) is 15.5. The van der Waals surface area contributed by atoms with Gasteiger partial charge in [0.1, 0.15) is 0 Å². The number of hydrogen-bond acceptors (Lipinski definition) is 1. The Balaban J connectivity index is 1.88. The highest BCUT2D eigenvalue weighted by atomic mass is 15.1. The molecule has 1 nitrogen and oxygen atoms in total. The third kappa shape index (κ3) is 3.21. The summed E-state index contributed by atoms with van der Waals surface area (Å²) in [4.78, 5) is 2.32. The maximum Gasteiger partial charge on any atom is 0.0468 e. The Labute approximate surface area is 155 Å². The lowest BCUT2D eigenvalue weighted by Gasteiger charge is -2.26. The maximum absolute atomic E-state index is 2.32. The third-order valence-corrected chi connectivity index (χ3v) is 4.82. The summed E-state index contributed by atoms with van der Waals surface area (Å²) >= 11 is 0. The molecule has 0 unspecified atom stereocenters. The summed E-state index contributed by atoms with van der Waals surface area (Å²) < 4.78 is 0. The fourth-order valence-corrected chi connectivity index (χ4v) is 3.33. The van der Waals surface area contributed by atoms with E-state index in [1.54, 1.807) is 0 Å². The molecule has 4 rings (SSSR count). The highest BCUT2D eigenvalue weighted by molar-refractivity contribution is 5.89. The Morgan fingerprint density at radius 2 is 0.846 bits per heavy atom. The van der Waals surface area contributed by atoms with E-state index in [9.17, 15) is 0 Å². The van der Waals surface area contributed by atoms with Crippen molar-refractivity contribution < 1.29 is 0 Å². The minimum absolute atomic E-state index is 1.17. The van der Waals surface area contributed by atoms with E-state index in [4.69, 9.17) is 0 Å². The fourth-order valence-electron chi connectivity index (χ4n) is 3.33. The van der Waals surface area contributed by atoms with E-state index >= 15 is 0 Å². The van der Waals surface area contributed by atoms with E-state index in [1.165, 1.54) is 44.5 Å². The summed E-state index contributed by atoms with van der Waals surface area (Å²) in [5.41, 5.74) is 7.35. The first-order valence-electron chi connectivity index (χ1n) is 9.04. The van der Waals surface area contributed by atoms with Crippen LogP contribution in [0.3, 0.4) is 0 Å². The predicted octanol–water partition coefficient (Wildman–Crippen LogP) is 7.23. The van der Waals surface area contributed by atoms with Crippen molar-refractivity contribution >= 4 is 27.8 Å². The van der Waals surface area contributed by atoms with Crippen molar-refractivity contribution in [1.82, 2.24) is 0 Å². The number of fused-ring (bicyclic) bond motifs is 1. The number of nitrogens with zero attached hydrogens (tertiary/aromatic N) is 1. The van der Waals surface area contributed by atoms with Crippen LogP contribution in [0, 0.1) is 20.8 Å². The van der Waals surface area contributed by atoms with Crippen molar-refractivity contribution in [3.8, 4) is 0 Å². The number of hydrogen-bond donors (Lipinski definition) is 0. The molecule has 128 valence electrons. The Morgan fingerprint density at radius 3 is 1.42 bits per heavy atom. The van der Waals surface area contributed by atoms with Crippen LogP contribution < -0.4 is 4.90 Å². The molecule has 26 heavy (non-hydrogen) atoms. The Bertz CT molecular complexity index is 998. The van der Waals surface area contributed by atoms with E-state index in [-0.39, 0.29) is 0 Å². The molecule has 0 radical (unpaired) electrons. The molecule has 0 saturated heterocycles. The zero-order chi connectivity index (χ0) is 18.1. The van der Waals surface area contributed by atoms with Gasteiger partial charge in [-0.25, -0.2) is 0 Å². The Hall–Kier alpha value is -3.06. The van der Waals surface area contributed by atoms with Crippen LogP contribution in [0.5, 0.6) is 0 Å². The van der Waals surface area contributed by atoms with Gasteiger partial charge in [0, 0.05) is 17.1 Å². The van der Waals surface area contributed by atoms with Crippen LogP contribution in [0.2, 0.25) is 0 Å². The summed E-state index contributed by atoms with van der Waals surface area (Å²) in [7, 11) is 0. The van der Waals surface area contributed by atoms with Gasteiger partial charge in [0.25, 0.3) is 0 Å². The van der Waals surface area contributed by atoms with Gasteiger partial charge in [-0.05, 0) is 67.9 Å². The predicted molar refractivity (Wildman–Crippen MR) is 113 cm³/mol. The molecule has 0 atom stereocenters. The van der Waals surface area contributed by atoms with Crippen LogP contribution in [-0.4, -0.2) is 0 Å². The van der Waals surface area contributed by atoms with Crippen LogP contribution in [0.4, 0.5) is 17.1 Å². The highest BCUT2D eigenvalue weighted by Crippen LogP contribution is 2.36. The van der Waals surface area contributed by atoms with E-state index in [0.29, 0.717) is 0 Å². The van der Waals surface area contributed by atoms with Crippen molar-refractivity contribution in [3.63, 3.8) is 0 Å². The summed E-state index contributed by atoms with van der Waals surface area (Å²) in [6.45, 7) is 6.38. The number of rotatable bonds is 3. The molecule has 0 spiro atoms. The molecule has 0 heterocycles. The van der Waals surface area contributed by atoms with Crippen molar-refractivity contribution in [3.05, 3.63) is 102 Å². The van der Waals surface area contributed by atoms with Crippen LogP contribution in [0.15, 0.2) is 84.9 Å². The van der Waals surface area contributed by atoms with E-state index in [1.807, 2.05) is 0 Å². The van der Waals surface area contributed by atoms with Crippen molar-refractivity contribution in [2.45, 2.75) is 20.8 Å². The van der Waals surface area contributed by atoms with E-state index in [2.05, 4.69) is 111 Å². The second-order valence-corrected chi connectivity index (χ2v) is 7.04. The van der Waals surface area contributed by atoms with Gasteiger partial charge in [0.2, 0.25) is 0 Å². The van der Waals surface area contributed by atoms with Gasteiger partial charge >= 0.3 is 0 Å². The van der Waals surface area contributed by atoms with Crippen molar-refractivity contribution in [2.75, 3.05) is 4.90 Å². The molecular weight excluding hydrogens is 314 g/mol. The molecule has 0 N–H and O–H groups in total. The van der Waals surface area contributed by atoms with Crippen LogP contribution in [-0.2, 0) is 0 Å². The van der Waals surface area contributed by atoms with Crippen LogP contribution in [0.25, 0.3) is 10.8 Å². The summed E-state index contributed by atoms with van der Waals surface area (Å²) in [5, 5.41) is 2.54. The van der Waals surface area contributed by atoms with Crippen molar-refractivity contribution in [1.29, 1.82) is 0 Å². The van der Waals surface area contributed by atoms with Gasteiger partial charge < -0.3 is 4.90 Å². The van der Waals surface area contributed by atoms with Gasteiger partial charge in [-0.2, -0.15) is 0 Å². The highest BCUT2D eigenvalue weighted by Gasteiger charge is 2.12. The van der Waals surface area contributed by atoms with Gasteiger partial charge in [-0.3, -0.25) is 0 Å². The summed E-state index contributed by atoms with van der Waals surface area (Å²) in [6.07, 6.45) is 0. The molecule has 1 heteroatoms. The molecule has 4 aromatic carbocycles. The maximum atomic E-state index is 2.32. The number of aryl methyl sites for hydroxylation is 3. The monoisotopic (exact) mass is 337 g/mol. The normalized spacial score (nSPS) is 10.9. The zero-order valence-electron chi connectivity index (χ0n) is 15.5. The average Bonchev–Trinajstić information content (AvgIpc) is 2.65. The van der Waals surface area contributed by atoms with E-state index in [0.717, 1.165) is 0 Å². The molecule has 0 amide bonds. The minimum atomic E-state index is 1.17. The molecule has 0 aromatic heterocycles. The second-order valence-electron chi connectivity index (χ2n) is 7.04. The summed E-state index contributed by atoms with van der Waals surface area (Å²) in [6, 6.07) is 30.7. The van der Waals surface area contributed by atoms with Crippen LogP contribution in [0.1, 0.15) is 16.7 Å². The molecule has 0 saturated carbocycles. The first kappa shape index (κ1) is 16.4. The second kappa shape index (κ2) is 6.68. The van der Waals surface area contributed by atoms with Gasteiger partial charge in [0.15, 0.2) is 0 Å².